The van der Waals surface area contributed by atoms with Crippen LogP contribution in [0.1, 0.15) is 23.7 Å². The van der Waals surface area contributed by atoms with Crippen molar-refractivity contribution in [3.8, 4) is 11.3 Å². The number of nitrogens with zero attached hydrogens (tertiary/aromatic N) is 2. The van der Waals surface area contributed by atoms with Gasteiger partial charge >= 0.3 is 0 Å². The van der Waals surface area contributed by atoms with Gasteiger partial charge < -0.3 is 10.6 Å². The Labute approximate surface area is 153 Å². The summed E-state index contributed by atoms with van der Waals surface area (Å²) in [6.07, 6.45) is 2.69. The van der Waals surface area contributed by atoms with E-state index in [1.165, 1.54) is 0 Å². The Bertz CT molecular complexity index is 716. The Hall–Kier alpha value is -1.56. The van der Waals surface area contributed by atoms with Crippen molar-refractivity contribution in [3.05, 3.63) is 41.0 Å². The SMILES string of the molecule is CC1CNCCC1NC(=O)c1cn(C)nc1-c1ccccc1Cl.Cl. The molecule has 0 saturated carbocycles. The predicted octanol–water partition coefficient (Wildman–Crippen LogP) is 2.89. The van der Waals surface area contributed by atoms with E-state index < -0.39 is 0 Å². The molecule has 1 fully saturated rings. The second-order valence-corrected chi connectivity index (χ2v) is 6.50. The van der Waals surface area contributed by atoms with Gasteiger partial charge in [0.1, 0.15) is 5.69 Å². The molecule has 1 aromatic heterocycles. The van der Waals surface area contributed by atoms with Crippen LogP contribution in [0.4, 0.5) is 0 Å². The minimum Gasteiger partial charge on any atom is -0.349 e. The summed E-state index contributed by atoms with van der Waals surface area (Å²) in [5.41, 5.74) is 1.96. The molecule has 24 heavy (non-hydrogen) atoms. The number of carbonyl (C=O) groups is 1. The van der Waals surface area contributed by atoms with E-state index in [0.29, 0.717) is 22.2 Å². The van der Waals surface area contributed by atoms with Gasteiger partial charge in [-0.2, -0.15) is 5.10 Å². The molecule has 2 unspecified atom stereocenters. The summed E-state index contributed by atoms with van der Waals surface area (Å²) < 4.78 is 1.65. The van der Waals surface area contributed by atoms with Crippen LogP contribution in [-0.4, -0.2) is 34.8 Å². The van der Waals surface area contributed by atoms with Crippen molar-refractivity contribution in [3.63, 3.8) is 0 Å². The maximum absolute atomic E-state index is 12.7. The quantitative estimate of drug-likeness (QED) is 0.875. The van der Waals surface area contributed by atoms with Gasteiger partial charge in [0.15, 0.2) is 0 Å². The standard InChI is InChI=1S/C17H21ClN4O.ClH/c1-11-9-19-8-7-15(11)20-17(23)13-10-22(2)21-16(13)12-5-3-4-6-14(12)18;/h3-6,10-11,15,19H,7-9H2,1-2H3,(H,20,23);1H. The van der Waals surface area contributed by atoms with E-state index >= 15 is 0 Å². The van der Waals surface area contributed by atoms with Crippen LogP contribution in [0, 0.1) is 5.92 Å². The zero-order valence-corrected chi connectivity index (χ0v) is 15.3. The highest BCUT2D eigenvalue weighted by Gasteiger charge is 2.25. The number of amides is 1. The number of halogens is 2. The van der Waals surface area contributed by atoms with Gasteiger partial charge in [-0.3, -0.25) is 9.48 Å². The number of hydrogen-bond donors (Lipinski definition) is 2. The van der Waals surface area contributed by atoms with Crippen molar-refractivity contribution < 1.29 is 4.79 Å². The highest BCUT2D eigenvalue weighted by Crippen LogP contribution is 2.29. The molecule has 2 aromatic rings. The van der Waals surface area contributed by atoms with Gasteiger partial charge in [-0.05, 0) is 31.5 Å². The Morgan fingerprint density at radius 1 is 1.42 bits per heavy atom. The predicted molar refractivity (Wildman–Crippen MR) is 98.8 cm³/mol. The molecular formula is C17H22Cl2N4O. The van der Waals surface area contributed by atoms with Crippen molar-refractivity contribution in [2.45, 2.75) is 19.4 Å². The van der Waals surface area contributed by atoms with Crippen LogP contribution < -0.4 is 10.6 Å². The fourth-order valence-electron chi connectivity index (χ4n) is 2.98. The molecule has 3 rings (SSSR count). The van der Waals surface area contributed by atoms with E-state index in [0.717, 1.165) is 25.1 Å². The monoisotopic (exact) mass is 368 g/mol. The molecule has 2 N–H and O–H groups in total. The molecule has 130 valence electrons. The third-order valence-electron chi connectivity index (χ3n) is 4.30. The molecular weight excluding hydrogens is 347 g/mol. The number of aromatic nitrogens is 2. The van der Waals surface area contributed by atoms with Crippen molar-refractivity contribution >= 4 is 29.9 Å². The van der Waals surface area contributed by atoms with Crippen molar-refractivity contribution in [1.82, 2.24) is 20.4 Å². The molecule has 1 aliphatic rings. The molecule has 2 atom stereocenters. The van der Waals surface area contributed by atoms with Gasteiger partial charge in [0.05, 0.1) is 10.6 Å². The van der Waals surface area contributed by atoms with Crippen LogP contribution in [0.3, 0.4) is 0 Å². The van der Waals surface area contributed by atoms with E-state index in [9.17, 15) is 4.79 Å². The van der Waals surface area contributed by atoms with Crippen molar-refractivity contribution in [2.75, 3.05) is 13.1 Å². The normalized spacial score (nSPS) is 20.3. The first-order chi connectivity index (χ1) is 11.1. The number of piperidine rings is 1. The largest absolute Gasteiger partial charge is 0.349 e. The average Bonchev–Trinajstić information content (AvgIpc) is 2.92. The summed E-state index contributed by atoms with van der Waals surface area (Å²) in [5, 5.41) is 11.5. The number of aryl methyl sites for hydroxylation is 1. The lowest BCUT2D eigenvalue weighted by Gasteiger charge is -2.30. The summed E-state index contributed by atoms with van der Waals surface area (Å²) in [6.45, 7) is 4.00. The summed E-state index contributed by atoms with van der Waals surface area (Å²) in [6, 6.07) is 7.64. The lowest BCUT2D eigenvalue weighted by molar-refractivity contribution is 0.0915. The molecule has 7 heteroatoms. The molecule has 0 bridgehead atoms. The molecule has 1 aromatic carbocycles. The Kier molecular flexibility index (Phi) is 6.27. The first kappa shape index (κ1) is 18.8. The summed E-state index contributed by atoms with van der Waals surface area (Å²) in [7, 11) is 1.81. The molecule has 1 amide bonds. The number of carbonyl (C=O) groups excluding carboxylic acids is 1. The number of rotatable bonds is 3. The van der Waals surface area contributed by atoms with Gasteiger partial charge in [-0.25, -0.2) is 0 Å². The highest BCUT2D eigenvalue weighted by molar-refractivity contribution is 6.33. The molecule has 2 heterocycles. The van der Waals surface area contributed by atoms with Crippen LogP contribution in [0.25, 0.3) is 11.3 Å². The number of hydrogen-bond acceptors (Lipinski definition) is 3. The molecule has 1 aliphatic heterocycles. The summed E-state index contributed by atoms with van der Waals surface area (Å²) in [4.78, 5) is 12.7. The fourth-order valence-corrected chi connectivity index (χ4v) is 3.21. The maximum Gasteiger partial charge on any atom is 0.255 e. The summed E-state index contributed by atoms with van der Waals surface area (Å²) in [5.74, 6) is 0.319. The van der Waals surface area contributed by atoms with Crippen LogP contribution in [0.15, 0.2) is 30.5 Å². The zero-order valence-electron chi connectivity index (χ0n) is 13.8. The maximum atomic E-state index is 12.7. The third-order valence-corrected chi connectivity index (χ3v) is 4.63. The van der Waals surface area contributed by atoms with Gasteiger partial charge in [0.2, 0.25) is 0 Å². The minimum atomic E-state index is -0.0910. The van der Waals surface area contributed by atoms with Gasteiger partial charge in [-0.1, -0.05) is 36.7 Å². The fraction of sp³-hybridized carbons (Fsp3) is 0.412. The third kappa shape index (κ3) is 3.91. The lowest BCUT2D eigenvalue weighted by Crippen LogP contribution is -2.48. The van der Waals surface area contributed by atoms with E-state index in [-0.39, 0.29) is 24.4 Å². The highest BCUT2D eigenvalue weighted by atomic mass is 35.5. The second-order valence-electron chi connectivity index (χ2n) is 6.09. The second kappa shape index (κ2) is 8.01. The first-order valence-corrected chi connectivity index (χ1v) is 8.24. The van der Waals surface area contributed by atoms with Crippen LogP contribution in [0.2, 0.25) is 5.02 Å². The van der Waals surface area contributed by atoms with Crippen LogP contribution in [0.5, 0.6) is 0 Å². The van der Waals surface area contributed by atoms with E-state index in [2.05, 4.69) is 22.7 Å². The Morgan fingerprint density at radius 3 is 2.88 bits per heavy atom. The molecule has 0 radical (unpaired) electrons. The lowest BCUT2D eigenvalue weighted by atomic mass is 9.95. The van der Waals surface area contributed by atoms with E-state index in [4.69, 9.17) is 11.6 Å². The van der Waals surface area contributed by atoms with Gasteiger partial charge in [-0.15, -0.1) is 12.4 Å². The van der Waals surface area contributed by atoms with Gasteiger partial charge in [0.25, 0.3) is 5.91 Å². The smallest absolute Gasteiger partial charge is 0.255 e. The van der Waals surface area contributed by atoms with Crippen molar-refractivity contribution in [1.29, 1.82) is 0 Å². The minimum absolute atomic E-state index is 0. The topological polar surface area (TPSA) is 58.9 Å². The molecule has 0 aliphatic carbocycles. The Morgan fingerprint density at radius 2 is 2.17 bits per heavy atom. The van der Waals surface area contributed by atoms with E-state index in [1.54, 1.807) is 10.9 Å². The molecule has 0 spiro atoms. The van der Waals surface area contributed by atoms with Crippen LogP contribution >= 0.6 is 24.0 Å². The Balaban J connectivity index is 0.00000208. The first-order valence-electron chi connectivity index (χ1n) is 7.86. The van der Waals surface area contributed by atoms with E-state index in [1.807, 2.05) is 31.3 Å². The molecule has 5 nitrogen and oxygen atoms in total. The van der Waals surface area contributed by atoms with Gasteiger partial charge in [0, 0.05) is 24.8 Å². The number of benzene rings is 1. The summed E-state index contributed by atoms with van der Waals surface area (Å²) >= 11 is 6.27. The van der Waals surface area contributed by atoms with Crippen molar-refractivity contribution in [2.24, 2.45) is 13.0 Å². The zero-order chi connectivity index (χ0) is 16.4. The number of nitrogens with one attached hydrogen (secondary N) is 2. The van der Waals surface area contributed by atoms with Crippen LogP contribution in [-0.2, 0) is 7.05 Å². The average molecular weight is 369 g/mol. The molecule has 1 saturated heterocycles.